The zero-order valence-corrected chi connectivity index (χ0v) is 13.4. The molecule has 1 aromatic heterocycles. The van der Waals surface area contributed by atoms with Crippen molar-refractivity contribution in [3.8, 4) is 22.4 Å². The topological polar surface area (TPSA) is 86.6 Å². The van der Waals surface area contributed by atoms with Gasteiger partial charge in [0.25, 0.3) is 0 Å². The summed E-state index contributed by atoms with van der Waals surface area (Å²) < 4.78 is 0. The summed E-state index contributed by atoms with van der Waals surface area (Å²) in [5.74, 6) is 0.0755. The number of nitrogens with zero attached hydrogens (tertiary/aromatic N) is 1. The van der Waals surface area contributed by atoms with Crippen molar-refractivity contribution in [2.24, 2.45) is 5.73 Å². The Bertz CT molecular complexity index is 800. The van der Waals surface area contributed by atoms with Crippen molar-refractivity contribution in [2.45, 2.75) is 6.92 Å². The zero-order chi connectivity index (χ0) is 17.1. The molecule has 0 spiro atoms. The number of hydrogen-bond donors (Lipinski definition) is 3. The first-order valence-electron chi connectivity index (χ1n) is 7.61. The maximum Gasteiger partial charge on any atom is 0.122 e. The molecule has 24 heavy (non-hydrogen) atoms. The molecule has 3 aromatic rings. The fourth-order valence-electron chi connectivity index (χ4n) is 2.46. The number of nitrogens with one attached hydrogen (secondary N) is 2. The van der Waals surface area contributed by atoms with Crippen LogP contribution in [0.2, 0.25) is 0 Å². The average molecular weight is 314 g/mol. The Labute approximate surface area is 141 Å². The van der Waals surface area contributed by atoms with Crippen molar-refractivity contribution in [1.82, 2.24) is 4.98 Å². The molecule has 0 fully saturated rings. The third kappa shape index (κ3) is 3.22. The lowest BCUT2D eigenvalue weighted by Gasteiger charge is -2.06. The van der Waals surface area contributed by atoms with Crippen molar-refractivity contribution in [2.75, 3.05) is 0 Å². The standard InChI is InChI=1S/C20H18N4/c1-13(21)18-10-11-19(24-12-18)16-6-2-14(3-7-16)15-4-8-17(9-5-15)20(22)23/h2-12,21H,1H3,(H3,22,23). The minimum absolute atomic E-state index is 0.0755. The zero-order valence-electron chi connectivity index (χ0n) is 13.4. The van der Waals surface area contributed by atoms with Crippen LogP contribution in [0.3, 0.4) is 0 Å². The van der Waals surface area contributed by atoms with Crippen LogP contribution in [0.5, 0.6) is 0 Å². The third-order valence-corrected chi connectivity index (χ3v) is 3.91. The number of nitrogens with two attached hydrogens (primary N) is 1. The summed E-state index contributed by atoms with van der Waals surface area (Å²) in [7, 11) is 0. The van der Waals surface area contributed by atoms with Crippen molar-refractivity contribution in [3.05, 3.63) is 78.0 Å². The van der Waals surface area contributed by atoms with Crippen molar-refractivity contribution in [1.29, 1.82) is 10.8 Å². The largest absolute Gasteiger partial charge is 0.384 e. The second-order valence-corrected chi connectivity index (χ2v) is 5.63. The molecule has 4 heteroatoms. The summed E-state index contributed by atoms with van der Waals surface area (Å²) in [6.07, 6.45) is 1.73. The van der Waals surface area contributed by atoms with Gasteiger partial charge in [-0.25, -0.2) is 0 Å². The molecular formula is C20H18N4. The Hall–Kier alpha value is -3.27. The average Bonchev–Trinajstić information content (AvgIpc) is 2.62. The summed E-state index contributed by atoms with van der Waals surface area (Å²) in [5, 5.41) is 15.0. The highest BCUT2D eigenvalue weighted by Crippen LogP contribution is 2.24. The Kier molecular flexibility index (Phi) is 4.20. The van der Waals surface area contributed by atoms with Gasteiger partial charge in [-0.05, 0) is 30.2 Å². The summed E-state index contributed by atoms with van der Waals surface area (Å²) >= 11 is 0. The SMILES string of the molecule is CC(=N)c1ccc(-c2ccc(-c3ccc(C(=N)N)cc3)cc2)nc1. The molecule has 0 atom stereocenters. The minimum Gasteiger partial charge on any atom is -0.384 e. The molecule has 1 heterocycles. The van der Waals surface area contributed by atoms with E-state index in [1.807, 2.05) is 48.5 Å². The molecule has 0 aliphatic heterocycles. The van der Waals surface area contributed by atoms with Crippen LogP contribution in [0.15, 0.2) is 66.9 Å². The van der Waals surface area contributed by atoms with Gasteiger partial charge in [-0.1, -0.05) is 48.5 Å². The van der Waals surface area contributed by atoms with E-state index in [-0.39, 0.29) is 5.84 Å². The minimum atomic E-state index is 0.0755. The van der Waals surface area contributed by atoms with Gasteiger partial charge in [0.2, 0.25) is 0 Å². The van der Waals surface area contributed by atoms with Crippen LogP contribution in [0.25, 0.3) is 22.4 Å². The second kappa shape index (κ2) is 6.46. The second-order valence-electron chi connectivity index (χ2n) is 5.63. The fraction of sp³-hybridized carbons (Fsp3) is 0.0500. The Balaban J connectivity index is 1.84. The smallest absolute Gasteiger partial charge is 0.122 e. The predicted molar refractivity (Wildman–Crippen MR) is 98.6 cm³/mol. The van der Waals surface area contributed by atoms with E-state index in [0.717, 1.165) is 33.5 Å². The normalized spacial score (nSPS) is 10.4. The molecule has 2 aromatic carbocycles. The van der Waals surface area contributed by atoms with Crippen LogP contribution >= 0.6 is 0 Å². The van der Waals surface area contributed by atoms with E-state index in [0.29, 0.717) is 5.71 Å². The van der Waals surface area contributed by atoms with Crippen molar-refractivity contribution < 1.29 is 0 Å². The van der Waals surface area contributed by atoms with E-state index < -0.39 is 0 Å². The van der Waals surface area contributed by atoms with Gasteiger partial charge in [-0.2, -0.15) is 0 Å². The molecule has 3 rings (SSSR count). The molecule has 0 radical (unpaired) electrons. The van der Waals surface area contributed by atoms with Crippen molar-refractivity contribution >= 4 is 11.5 Å². The molecule has 0 bridgehead atoms. The Morgan fingerprint density at radius 3 is 1.71 bits per heavy atom. The third-order valence-electron chi connectivity index (χ3n) is 3.91. The van der Waals surface area contributed by atoms with Crippen molar-refractivity contribution in [3.63, 3.8) is 0 Å². The van der Waals surface area contributed by atoms with Gasteiger partial charge in [0, 0.05) is 28.6 Å². The first-order valence-corrected chi connectivity index (χ1v) is 7.61. The number of benzene rings is 2. The van der Waals surface area contributed by atoms with Gasteiger partial charge in [0.1, 0.15) is 5.84 Å². The first-order chi connectivity index (χ1) is 11.5. The number of aromatic nitrogens is 1. The summed E-state index contributed by atoms with van der Waals surface area (Å²) in [4.78, 5) is 4.43. The lowest BCUT2D eigenvalue weighted by molar-refractivity contribution is 1.30. The maximum atomic E-state index is 7.61. The molecular weight excluding hydrogens is 296 g/mol. The molecule has 0 aliphatic rings. The van der Waals surface area contributed by atoms with Gasteiger partial charge in [-0.15, -0.1) is 0 Å². The first kappa shape index (κ1) is 15.6. The molecule has 4 nitrogen and oxygen atoms in total. The number of hydrogen-bond acceptors (Lipinski definition) is 3. The predicted octanol–water partition coefficient (Wildman–Crippen LogP) is 4.09. The number of amidine groups is 1. The molecule has 0 unspecified atom stereocenters. The maximum absolute atomic E-state index is 7.61. The van der Waals surface area contributed by atoms with E-state index in [1.54, 1.807) is 13.1 Å². The van der Waals surface area contributed by atoms with Crippen LogP contribution in [0.4, 0.5) is 0 Å². The lowest BCUT2D eigenvalue weighted by atomic mass is 10.0. The molecule has 0 saturated heterocycles. The Morgan fingerprint density at radius 2 is 1.25 bits per heavy atom. The van der Waals surface area contributed by atoms with Gasteiger partial charge in [-0.3, -0.25) is 10.4 Å². The van der Waals surface area contributed by atoms with Gasteiger partial charge in [0.15, 0.2) is 0 Å². The number of nitrogen functional groups attached to an aromatic ring is 1. The summed E-state index contributed by atoms with van der Waals surface area (Å²) in [5.41, 5.74) is 11.6. The van der Waals surface area contributed by atoms with Crippen LogP contribution in [0, 0.1) is 10.8 Å². The van der Waals surface area contributed by atoms with Crippen LogP contribution in [-0.4, -0.2) is 16.5 Å². The van der Waals surface area contributed by atoms with E-state index >= 15 is 0 Å². The lowest BCUT2D eigenvalue weighted by Crippen LogP contribution is -2.10. The van der Waals surface area contributed by atoms with E-state index in [2.05, 4.69) is 17.1 Å². The van der Waals surface area contributed by atoms with E-state index in [4.69, 9.17) is 16.6 Å². The molecule has 118 valence electrons. The molecule has 0 saturated carbocycles. The molecule has 4 N–H and O–H groups in total. The van der Waals surface area contributed by atoms with E-state index in [1.165, 1.54) is 0 Å². The highest BCUT2D eigenvalue weighted by atomic mass is 14.7. The van der Waals surface area contributed by atoms with Gasteiger partial charge < -0.3 is 11.1 Å². The van der Waals surface area contributed by atoms with Crippen LogP contribution in [0.1, 0.15) is 18.1 Å². The fourth-order valence-corrected chi connectivity index (χ4v) is 2.46. The quantitative estimate of drug-likeness (QED) is 0.500. The monoisotopic (exact) mass is 314 g/mol. The number of rotatable bonds is 4. The summed E-state index contributed by atoms with van der Waals surface area (Å²) in [6, 6.07) is 19.7. The summed E-state index contributed by atoms with van der Waals surface area (Å²) in [6.45, 7) is 1.75. The molecule has 0 amide bonds. The van der Waals surface area contributed by atoms with Gasteiger partial charge in [0.05, 0.1) is 5.69 Å². The van der Waals surface area contributed by atoms with Crippen LogP contribution in [-0.2, 0) is 0 Å². The number of pyridine rings is 1. The van der Waals surface area contributed by atoms with Crippen LogP contribution < -0.4 is 5.73 Å². The van der Waals surface area contributed by atoms with E-state index in [9.17, 15) is 0 Å². The Morgan fingerprint density at radius 1 is 0.750 bits per heavy atom. The van der Waals surface area contributed by atoms with Gasteiger partial charge >= 0.3 is 0 Å². The highest BCUT2D eigenvalue weighted by molar-refractivity contribution is 5.96. The molecule has 0 aliphatic carbocycles. The highest BCUT2D eigenvalue weighted by Gasteiger charge is 2.03.